The van der Waals surface area contributed by atoms with Crippen molar-refractivity contribution in [2.75, 3.05) is 25.1 Å². The van der Waals surface area contributed by atoms with Crippen LogP contribution in [0, 0.1) is 5.92 Å². The average molecular weight is 344 g/mol. The van der Waals surface area contributed by atoms with E-state index in [2.05, 4.69) is 28.8 Å². The molecule has 1 aliphatic rings. The first-order valence-electron chi connectivity index (χ1n) is 8.02. The minimum atomic E-state index is -4.43. The van der Waals surface area contributed by atoms with Crippen molar-refractivity contribution in [1.82, 2.24) is 4.90 Å². The number of halogens is 3. The van der Waals surface area contributed by atoms with Crippen molar-refractivity contribution in [2.24, 2.45) is 5.92 Å². The fourth-order valence-electron chi connectivity index (χ4n) is 2.65. The average Bonchev–Trinajstić information content (AvgIpc) is 2.88. The molecule has 0 radical (unpaired) electrons. The number of alkyl halides is 3. The third kappa shape index (κ3) is 5.79. The van der Waals surface area contributed by atoms with Crippen LogP contribution in [-0.2, 0) is 22.6 Å². The molecule has 0 aromatic heterocycles. The lowest BCUT2D eigenvalue weighted by atomic mass is 10.1. The van der Waals surface area contributed by atoms with Crippen LogP contribution in [0.3, 0.4) is 0 Å². The Morgan fingerprint density at radius 3 is 2.75 bits per heavy atom. The highest BCUT2D eigenvalue weighted by atomic mass is 19.4. The molecule has 1 N–H and O–H groups in total. The second kappa shape index (κ2) is 7.98. The summed E-state index contributed by atoms with van der Waals surface area (Å²) in [6.07, 6.45) is -3.33. The Kier molecular flexibility index (Phi) is 6.23. The number of ether oxygens (including phenoxy) is 1. The summed E-state index contributed by atoms with van der Waals surface area (Å²) in [7, 11) is 0. The van der Waals surface area contributed by atoms with Crippen LogP contribution in [-0.4, -0.2) is 36.7 Å². The maximum atomic E-state index is 12.0. The highest BCUT2D eigenvalue weighted by molar-refractivity contribution is 5.92. The zero-order valence-corrected chi connectivity index (χ0v) is 13.9. The number of hydrogen-bond acceptors (Lipinski definition) is 3. The Bertz CT molecular complexity index is 573. The van der Waals surface area contributed by atoms with E-state index >= 15 is 0 Å². The van der Waals surface area contributed by atoms with Gasteiger partial charge in [0.2, 0.25) is 5.91 Å². The fourth-order valence-corrected chi connectivity index (χ4v) is 2.65. The van der Waals surface area contributed by atoms with Gasteiger partial charge in [-0.15, -0.1) is 0 Å². The van der Waals surface area contributed by atoms with Crippen molar-refractivity contribution in [1.29, 1.82) is 0 Å². The van der Waals surface area contributed by atoms with Crippen LogP contribution in [0.15, 0.2) is 18.2 Å². The van der Waals surface area contributed by atoms with E-state index in [0.717, 1.165) is 37.2 Å². The van der Waals surface area contributed by atoms with Crippen molar-refractivity contribution in [3.8, 4) is 0 Å². The van der Waals surface area contributed by atoms with Crippen LogP contribution >= 0.6 is 0 Å². The Balaban J connectivity index is 1.90. The molecule has 1 amide bonds. The molecule has 7 heteroatoms. The second-order valence-electron chi connectivity index (χ2n) is 6.49. The lowest BCUT2D eigenvalue weighted by Crippen LogP contribution is -2.24. The molecular formula is C17H23F3N2O2. The number of carbonyl (C=O) groups is 1. The van der Waals surface area contributed by atoms with Gasteiger partial charge in [0, 0.05) is 18.8 Å². The van der Waals surface area contributed by atoms with Crippen LogP contribution in [0.1, 0.15) is 31.4 Å². The zero-order chi connectivity index (χ0) is 17.7. The van der Waals surface area contributed by atoms with Crippen molar-refractivity contribution in [3.63, 3.8) is 0 Å². The smallest absolute Gasteiger partial charge is 0.362 e. The van der Waals surface area contributed by atoms with Crippen LogP contribution in [0.4, 0.5) is 18.9 Å². The van der Waals surface area contributed by atoms with E-state index in [9.17, 15) is 18.0 Å². The van der Waals surface area contributed by atoms with Gasteiger partial charge in [0.1, 0.15) is 13.2 Å². The normalized spacial score (nSPS) is 14.9. The number of rotatable bonds is 7. The molecule has 134 valence electrons. The second-order valence-corrected chi connectivity index (χ2v) is 6.49. The minimum Gasteiger partial charge on any atom is -0.362 e. The number of anilines is 1. The molecule has 24 heavy (non-hydrogen) atoms. The molecule has 0 atom stereocenters. The van der Waals surface area contributed by atoms with Crippen LogP contribution in [0.25, 0.3) is 0 Å². The summed E-state index contributed by atoms with van der Waals surface area (Å²) in [6.45, 7) is 4.87. The number of fused-ring (bicyclic) bond motifs is 1. The third-order valence-corrected chi connectivity index (χ3v) is 3.84. The summed E-state index contributed by atoms with van der Waals surface area (Å²) >= 11 is 0. The van der Waals surface area contributed by atoms with Gasteiger partial charge < -0.3 is 10.1 Å². The predicted molar refractivity (Wildman–Crippen MR) is 85.5 cm³/mol. The van der Waals surface area contributed by atoms with E-state index in [1.54, 1.807) is 6.07 Å². The summed E-state index contributed by atoms with van der Waals surface area (Å²) in [6, 6.07) is 5.63. The summed E-state index contributed by atoms with van der Waals surface area (Å²) < 4.78 is 40.5. The van der Waals surface area contributed by atoms with E-state index in [0.29, 0.717) is 11.6 Å². The first kappa shape index (κ1) is 18.7. The highest BCUT2D eigenvalue weighted by Crippen LogP contribution is 2.29. The van der Waals surface area contributed by atoms with Gasteiger partial charge in [-0.2, -0.15) is 13.2 Å². The molecule has 1 aliphatic heterocycles. The third-order valence-electron chi connectivity index (χ3n) is 3.84. The van der Waals surface area contributed by atoms with Crippen molar-refractivity contribution < 1.29 is 22.7 Å². The first-order valence-corrected chi connectivity index (χ1v) is 8.02. The van der Waals surface area contributed by atoms with Gasteiger partial charge in [0.15, 0.2) is 0 Å². The number of hydrogen-bond donors (Lipinski definition) is 1. The van der Waals surface area contributed by atoms with Gasteiger partial charge in [-0.05, 0) is 36.1 Å². The van der Waals surface area contributed by atoms with Gasteiger partial charge in [-0.3, -0.25) is 9.69 Å². The SMILES string of the molecule is CC(C)CCN1Cc2cccc(NC(=O)COCC(F)(F)F)c2C1. The molecule has 0 unspecified atom stereocenters. The number of nitrogens with one attached hydrogen (secondary N) is 1. The Hall–Kier alpha value is -1.60. The van der Waals surface area contributed by atoms with Crippen LogP contribution in [0.2, 0.25) is 0 Å². The van der Waals surface area contributed by atoms with E-state index in [-0.39, 0.29) is 0 Å². The number of amides is 1. The number of nitrogens with zero attached hydrogens (tertiary/aromatic N) is 1. The molecule has 4 nitrogen and oxygen atoms in total. The summed E-state index contributed by atoms with van der Waals surface area (Å²) in [5, 5.41) is 2.66. The maximum Gasteiger partial charge on any atom is 0.411 e. The van der Waals surface area contributed by atoms with Crippen molar-refractivity contribution in [3.05, 3.63) is 29.3 Å². The molecule has 0 fully saturated rings. The molecular weight excluding hydrogens is 321 g/mol. The lowest BCUT2D eigenvalue weighted by Gasteiger charge is -2.16. The Morgan fingerprint density at radius 1 is 1.33 bits per heavy atom. The topological polar surface area (TPSA) is 41.6 Å². The summed E-state index contributed by atoms with van der Waals surface area (Å²) in [5.74, 6) is 0.0481. The molecule has 2 rings (SSSR count). The molecule has 0 aliphatic carbocycles. The van der Waals surface area contributed by atoms with Crippen molar-refractivity contribution >= 4 is 11.6 Å². The molecule has 0 spiro atoms. The standard InChI is InChI=1S/C17H23F3N2O2/c1-12(2)6-7-22-8-13-4-3-5-15(14(13)9-22)21-16(23)10-24-11-17(18,19)20/h3-5,12H,6-11H2,1-2H3,(H,21,23). The molecule has 0 saturated heterocycles. The summed E-state index contributed by atoms with van der Waals surface area (Å²) in [5.41, 5.74) is 2.83. The monoisotopic (exact) mass is 344 g/mol. The Morgan fingerprint density at radius 2 is 2.08 bits per heavy atom. The lowest BCUT2D eigenvalue weighted by molar-refractivity contribution is -0.174. The van der Waals surface area contributed by atoms with Gasteiger partial charge in [0.25, 0.3) is 0 Å². The molecule has 0 saturated carbocycles. The molecule has 0 bridgehead atoms. The van der Waals surface area contributed by atoms with E-state index in [4.69, 9.17) is 0 Å². The van der Waals surface area contributed by atoms with Crippen molar-refractivity contribution in [2.45, 2.75) is 39.5 Å². The predicted octanol–water partition coefficient (Wildman–Crippen LogP) is 3.57. The van der Waals surface area contributed by atoms with Gasteiger partial charge >= 0.3 is 6.18 Å². The quantitative estimate of drug-likeness (QED) is 0.822. The Labute approximate surface area is 140 Å². The molecule has 1 aromatic carbocycles. The summed E-state index contributed by atoms with van der Waals surface area (Å²) in [4.78, 5) is 14.1. The number of carbonyl (C=O) groups excluding carboxylic acids is 1. The minimum absolute atomic E-state index is 0.576. The van der Waals surface area contributed by atoms with Gasteiger partial charge in [0.05, 0.1) is 0 Å². The molecule has 1 aromatic rings. The first-order chi connectivity index (χ1) is 11.2. The van der Waals surface area contributed by atoms with Crippen LogP contribution in [0.5, 0.6) is 0 Å². The number of benzene rings is 1. The maximum absolute atomic E-state index is 12.0. The largest absolute Gasteiger partial charge is 0.411 e. The van der Waals surface area contributed by atoms with E-state index in [1.807, 2.05) is 12.1 Å². The van der Waals surface area contributed by atoms with Gasteiger partial charge in [-0.25, -0.2) is 0 Å². The van der Waals surface area contributed by atoms with E-state index in [1.165, 1.54) is 0 Å². The van der Waals surface area contributed by atoms with Crippen LogP contribution < -0.4 is 5.32 Å². The van der Waals surface area contributed by atoms with E-state index < -0.39 is 25.3 Å². The zero-order valence-electron chi connectivity index (χ0n) is 13.9. The van der Waals surface area contributed by atoms with Gasteiger partial charge in [-0.1, -0.05) is 26.0 Å². The fraction of sp³-hybridized carbons (Fsp3) is 0.588. The highest BCUT2D eigenvalue weighted by Gasteiger charge is 2.28. The molecule has 1 heterocycles.